The Morgan fingerprint density at radius 2 is 1.75 bits per heavy atom. The first kappa shape index (κ1) is 17.5. The summed E-state index contributed by atoms with van der Waals surface area (Å²) in [5.41, 5.74) is 3.34. The Balaban J connectivity index is 1.86. The molecule has 0 aliphatic carbocycles. The van der Waals surface area contributed by atoms with Crippen molar-refractivity contribution in [3.8, 4) is 5.75 Å². The van der Waals surface area contributed by atoms with Gasteiger partial charge in [0.1, 0.15) is 5.75 Å². The third kappa shape index (κ3) is 5.12. The number of benzene rings is 2. The molecule has 2 rings (SSSR count). The standard InChI is InChI=1S/C19H22N2O3/c1-13-9-14(2)11-17(10-13)24-8-7-18(22)21-16-6-4-5-15(12-16)19(23)20-3/h4-6,9-12H,7-8H2,1-3H3,(H,20,23)(H,21,22). The van der Waals surface area contributed by atoms with Gasteiger partial charge in [-0.3, -0.25) is 9.59 Å². The van der Waals surface area contributed by atoms with Crippen molar-refractivity contribution in [2.45, 2.75) is 20.3 Å². The van der Waals surface area contributed by atoms with Crippen molar-refractivity contribution in [2.75, 3.05) is 19.0 Å². The van der Waals surface area contributed by atoms with Crippen molar-refractivity contribution in [3.05, 3.63) is 59.2 Å². The number of carbonyl (C=O) groups is 2. The van der Waals surface area contributed by atoms with E-state index >= 15 is 0 Å². The van der Waals surface area contributed by atoms with Gasteiger partial charge < -0.3 is 15.4 Å². The van der Waals surface area contributed by atoms with Crippen molar-refractivity contribution >= 4 is 17.5 Å². The third-order valence-electron chi connectivity index (χ3n) is 3.43. The average molecular weight is 326 g/mol. The van der Waals surface area contributed by atoms with E-state index in [2.05, 4.69) is 16.7 Å². The monoisotopic (exact) mass is 326 g/mol. The number of amides is 2. The van der Waals surface area contributed by atoms with Crippen LogP contribution in [-0.2, 0) is 4.79 Å². The van der Waals surface area contributed by atoms with Crippen molar-refractivity contribution in [1.29, 1.82) is 0 Å². The highest BCUT2D eigenvalue weighted by atomic mass is 16.5. The van der Waals surface area contributed by atoms with Crippen LogP contribution in [0.3, 0.4) is 0 Å². The first-order valence-electron chi connectivity index (χ1n) is 7.81. The van der Waals surface area contributed by atoms with E-state index in [1.54, 1.807) is 31.3 Å². The largest absolute Gasteiger partial charge is 0.493 e. The molecule has 24 heavy (non-hydrogen) atoms. The molecule has 0 heterocycles. The van der Waals surface area contributed by atoms with Crippen LogP contribution in [0.5, 0.6) is 5.75 Å². The minimum Gasteiger partial charge on any atom is -0.493 e. The molecule has 126 valence electrons. The van der Waals surface area contributed by atoms with Crippen LogP contribution < -0.4 is 15.4 Å². The van der Waals surface area contributed by atoms with Crippen LogP contribution in [0.4, 0.5) is 5.69 Å². The van der Waals surface area contributed by atoms with E-state index in [-0.39, 0.29) is 18.2 Å². The summed E-state index contributed by atoms with van der Waals surface area (Å²) in [5.74, 6) is 0.416. The highest BCUT2D eigenvalue weighted by Gasteiger charge is 2.07. The lowest BCUT2D eigenvalue weighted by Crippen LogP contribution is -2.19. The molecule has 0 bridgehead atoms. The lowest BCUT2D eigenvalue weighted by molar-refractivity contribution is -0.116. The van der Waals surface area contributed by atoms with E-state index in [9.17, 15) is 9.59 Å². The molecule has 2 aromatic carbocycles. The average Bonchev–Trinajstić information content (AvgIpc) is 2.53. The van der Waals surface area contributed by atoms with Gasteiger partial charge in [-0.25, -0.2) is 0 Å². The topological polar surface area (TPSA) is 67.4 Å². The predicted octanol–water partition coefficient (Wildman–Crippen LogP) is 3.07. The molecule has 0 aromatic heterocycles. The van der Waals surface area contributed by atoms with Gasteiger partial charge in [0.05, 0.1) is 13.0 Å². The van der Waals surface area contributed by atoms with Crippen LogP contribution in [0.25, 0.3) is 0 Å². The minimum atomic E-state index is -0.191. The summed E-state index contributed by atoms with van der Waals surface area (Å²) in [4.78, 5) is 23.6. The van der Waals surface area contributed by atoms with Gasteiger partial charge in [-0.05, 0) is 55.3 Å². The van der Waals surface area contributed by atoms with Gasteiger partial charge in [-0.2, -0.15) is 0 Å². The molecule has 0 unspecified atom stereocenters. The molecule has 5 heteroatoms. The minimum absolute atomic E-state index is 0.159. The molecule has 0 saturated heterocycles. The molecule has 0 aliphatic rings. The van der Waals surface area contributed by atoms with Gasteiger partial charge in [0.15, 0.2) is 0 Å². The molecule has 0 fully saturated rings. The van der Waals surface area contributed by atoms with Crippen molar-refractivity contribution in [3.63, 3.8) is 0 Å². The van der Waals surface area contributed by atoms with Crippen LogP contribution in [0.1, 0.15) is 27.9 Å². The molecule has 2 amide bonds. The van der Waals surface area contributed by atoms with Crippen molar-refractivity contribution < 1.29 is 14.3 Å². The zero-order chi connectivity index (χ0) is 17.5. The lowest BCUT2D eigenvalue weighted by Gasteiger charge is -2.09. The number of hydrogen-bond acceptors (Lipinski definition) is 3. The fraction of sp³-hybridized carbons (Fsp3) is 0.263. The van der Waals surface area contributed by atoms with Gasteiger partial charge >= 0.3 is 0 Å². The maximum absolute atomic E-state index is 12.0. The second kappa shape index (κ2) is 8.15. The van der Waals surface area contributed by atoms with Gasteiger partial charge in [0.2, 0.25) is 5.91 Å². The van der Waals surface area contributed by atoms with Crippen LogP contribution >= 0.6 is 0 Å². The Hall–Kier alpha value is -2.82. The Kier molecular flexibility index (Phi) is 5.95. The van der Waals surface area contributed by atoms with Crippen LogP contribution in [0.2, 0.25) is 0 Å². The smallest absolute Gasteiger partial charge is 0.251 e. The quantitative estimate of drug-likeness (QED) is 0.857. The summed E-state index contributed by atoms with van der Waals surface area (Å²) in [6.07, 6.45) is 0.233. The fourth-order valence-corrected chi connectivity index (χ4v) is 2.38. The normalized spacial score (nSPS) is 10.1. The number of ether oxygens (including phenoxy) is 1. The third-order valence-corrected chi connectivity index (χ3v) is 3.43. The molecule has 5 nitrogen and oxygen atoms in total. The van der Waals surface area contributed by atoms with Crippen molar-refractivity contribution in [1.82, 2.24) is 5.32 Å². The second-order valence-electron chi connectivity index (χ2n) is 5.63. The molecule has 2 N–H and O–H groups in total. The summed E-state index contributed by atoms with van der Waals surface area (Å²) >= 11 is 0. The first-order chi connectivity index (χ1) is 11.5. The molecular weight excluding hydrogens is 304 g/mol. The Labute approximate surface area is 142 Å². The van der Waals surface area contributed by atoms with E-state index in [0.717, 1.165) is 16.9 Å². The zero-order valence-corrected chi connectivity index (χ0v) is 14.2. The van der Waals surface area contributed by atoms with Crippen molar-refractivity contribution in [2.24, 2.45) is 0 Å². The SMILES string of the molecule is CNC(=O)c1cccc(NC(=O)CCOc2cc(C)cc(C)c2)c1. The highest BCUT2D eigenvalue weighted by Crippen LogP contribution is 2.16. The van der Waals surface area contributed by atoms with Gasteiger partial charge in [0, 0.05) is 18.3 Å². The molecule has 0 aliphatic heterocycles. The zero-order valence-electron chi connectivity index (χ0n) is 14.2. The molecule has 0 saturated carbocycles. The molecule has 0 spiro atoms. The van der Waals surface area contributed by atoms with Gasteiger partial charge in [-0.15, -0.1) is 0 Å². The van der Waals surface area contributed by atoms with Crippen LogP contribution in [0, 0.1) is 13.8 Å². The lowest BCUT2D eigenvalue weighted by atomic mass is 10.1. The van der Waals surface area contributed by atoms with E-state index in [1.165, 1.54) is 0 Å². The van der Waals surface area contributed by atoms with E-state index < -0.39 is 0 Å². The summed E-state index contributed by atoms with van der Waals surface area (Å²) in [6, 6.07) is 12.8. The fourth-order valence-electron chi connectivity index (χ4n) is 2.38. The Morgan fingerprint density at radius 3 is 2.42 bits per heavy atom. The maximum atomic E-state index is 12.0. The summed E-state index contributed by atoms with van der Waals surface area (Å²) < 4.78 is 5.63. The predicted molar refractivity (Wildman–Crippen MR) is 94.5 cm³/mol. The van der Waals surface area contributed by atoms with Gasteiger partial charge in [-0.1, -0.05) is 12.1 Å². The molecule has 2 aromatic rings. The summed E-state index contributed by atoms with van der Waals surface area (Å²) in [6.45, 7) is 4.31. The molecular formula is C19H22N2O3. The first-order valence-corrected chi connectivity index (χ1v) is 7.81. The van der Waals surface area contributed by atoms with E-state index in [0.29, 0.717) is 17.9 Å². The number of rotatable bonds is 6. The maximum Gasteiger partial charge on any atom is 0.251 e. The summed E-state index contributed by atoms with van der Waals surface area (Å²) in [5, 5.41) is 5.32. The number of aryl methyl sites for hydroxylation is 2. The van der Waals surface area contributed by atoms with Gasteiger partial charge in [0.25, 0.3) is 5.91 Å². The van der Waals surface area contributed by atoms with Crippen LogP contribution in [-0.4, -0.2) is 25.5 Å². The number of hydrogen-bond donors (Lipinski definition) is 2. The van der Waals surface area contributed by atoms with E-state index in [4.69, 9.17) is 4.74 Å². The van der Waals surface area contributed by atoms with E-state index in [1.807, 2.05) is 26.0 Å². The number of carbonyl (C=O) groups excluding carboxylic acids is 2. The molecule has 0 atom stereocenters. The van der Waals surface area contributed by atoms with Crippen LogP contribution in [0.15, 0.2) is 42.5 Å². The Morgan fingerprint density at radius 1 is 1.04 bits per heavy atom. The highest BCUT2D eigenvalue weighted by molar-refractivity contribution is 5.97. The molecule has 0 radical (unpaired) electrons. The second-order valence-corrected chi connectivity index (χ2v) is 5.63. The summed E-state index contributed by atoms with van der Waals surface area (Å²) in [7, 11) is 1.57. The Bertz CT molecular complexity index is 721. The number of anilines is 1. The number of nitrogens with one attached hydrogen (secondary N) is 2.